The van der Waals surface area contributed by atoms with Crippen molar-refractivity contribution in [1.29, 1.82) is 0 Å². The van der Waals surface area contributed by atoms with Gasteiger partial charge in [0.05, 0.1) is 7.11 Å². The smallest absolute Gasteiger partial charge is 0.161 e. The van der Waals surface area contributed by atoms with E-state index in [9.17, 15) is 5.11 Å². The van der Waals surface area contributed by atoms with Crippen molar-refractivity contribution in [1.82, 2.24) is 0 Å². The van der Waals surface area contributed by atoms with Crippen LogP contribution in [0.5, 0.6) is 11.5 Å². The van der Waals surface area contributed by atoms with Crippen molar-refractivity contribution in [2.75, 3.05) is 7.11 Å². The molecule has 1 aromatic heterocycles. The molecule has 0 aliphatic carbocycles. The van der Waals surface area contributed by atoms with E-state index in [4.69, 9.17) is 4.74 Å². The fraction of sp³-hybridized carbons (Fsp3) is 0.0769. The van der Waals surface area contributed by atoms with Crippen LogP contribution in [0.15, 0.2) is 35.7 Å². The van der Waals surface area contributed by atoms with Crippen LogP contribution in [-0.4, -0.2) is 12.2 Å². The Morgan fingerprint density at radius 1 is 1.25 bits per heavy atom. The first-order chi connectivity index (χ1) is 7.79. The van der Waals surface area contributed by atoms with Crippen LogP contribution in [0, 0.1) is 0 Å². The molecule has 3 heteroatoms. The summed E-state index contributed by atoms with van der Waals surface area (Å²) < 4.78 is 5.04. The third-order valence-corrected chi connectivity index (χ3v) is 3.02. The normalized spacial score (nSPS) is 10.8. The molecule has 0 bridgehead atoms. The third kappa shape index (κ3) is 2.44. The number of phenols is 1. The molecule has 2 aromatic rings. The number of ether oxygens (including phenoxy) is 1. The summed E-state index contributed by atoms with van der Waals surface area (Å²) in [5, 5.41) is 11.5. The number of phenolic OH excluding ortho intramolecular Hbond substituents is 1. The largest absolute Gasteiger partial charge is 0.504 e. The Labute approximate surface area is 98.4 Å². The lowest BCUT2D eigenvalue weighted by Crippen LogP contribution is -1.83. The van der Waals surface area contributed by atoms with E-state index in [2.05, 4.69) is 6.07 Å². The van der Waals surface area contributed by atoms with E-state index in [1.54, 1.807) is 30.6 Å². The zero-order valence-electron chi connectivity index (χ0n) is 8.88. The highest BCUT2D eigenvalue weighted by atomic mass is 32.1. The van der Waals surface area contributed by atoms with Gasteiger partial charge in [0.1, 0.15) is 0 Å². The van der Waals surface area contributed by atoms with E-state index in [1.165, 1.54) is 4.88 Å². The number of hydrogen-bond acceptors (Lipinski definition) is 3. The van der Waals surface area contributed by atoms with Crippen LogP contribution in [0.1, 0.15) is 10.4 Å². The van der Waals surface area contributed by atoms with Gasteiger partial charge in [-0.25, -0.2) is 0 Å². The Balaban J connectivity index is 2.22. The van der Waals surface area contributed by atoms with Crippen LogP contribution in [0.2, 0.25) is 0 Å². The van der Waals surface area contributed by atoms with Gasteiger partial charge in [-0.05, 0) is 35.2 Å². The molecule has 82 valence electrons. The predicted molar refractivity (Wildman–Crippen MR) is 67.9 cm³/mol. The van der Waals surface area contributed by atoms with Gasteiger partial charge in [-0.3, -0.25) is 0 Å². The maximum atomic E-state index is 9.44. The Kier molecular flexibility index (Phi) is 3.27. The minimum absolute atomic E-state index is 0.163. The first-order valence-electron chi connectivity index (χ1n) is 4.88. The summed E-state index contributed by atoms with van der Waals surface area (Å²) in [5.41, 5.74) is 1.00. The molecule has 0 spiro atoms. The fourth-order valence-electron chi connectivity index (χ4n) is 1.36. The van der Waals surface area contributed by atoms with Gasteiger partial charge in [0.2, 0.25) is 0 Å². The molecule has 0 unspecified atom stereocenters. The van der Waals surface area contributed by atoms with Crippen molar-refractivity contribution in [3.05, 3.63) is 46.2 Å². The standard InChI is InChI=1S/C13H12O2S/c1-15-13-9-10(5-7-12(13)14)4-6-11-3-2-8-16-11/h2-9,14H,1H3/b6-4+. The monoisotopic (exact) mass is 232 g/mol. The van der Waals surface area contributed by atoms with Crippen LogP contribution in [0.4, 0.5) is 0 Å². The molecule has 0 radical (unpaired) electrons. The van der Waals surface area contributed by atoms with E-state index in [0.29, 0.717) is 5.75 Å². The summed E-state index contributed by atoms with van der Waals surface area (Å²) in [6.45, 7) is 0. The first kappa shape index (κ1) is 10.8. The van der Waals surface area contributed by atoms with E-state index < -0.39 is 0 Å². The van der Waals surface area contributed by atoms with E-state index in [0.717, 1.165) is 5.56 Å². The predicted octanol–water partition coefficient (Wildman–Crippen LogP) is 3.63. The van der Waals surface area contributed by atoms with Crippen LogP contribution in [0.25, 0.3) is 12.2 Å². The number of hydrogen-bond donors (Lipinski definition) is 1. The Morgan fingerprint density at radius 2 is 2.12 bits per heavy atom. The van der Waals surface area contributed by atoms with Gasteiger partial charge in [-0.2, -0.15) is 0 Å². The van der Waals surface area contributed by atoms with E-state index in [-0.39, 0.29) is 5.75 Å². The highest BCUT2D eigenvalue weighted by Gasteiger charge is 2.00. The molecule has 0 amide bonds. The molecule has 0 atom stereocenters. The summed E-state index contributed by atoms with van der Waals surface area (Å²) >= 11 is 1.69. The second kappa shape index (κ2) is 4.86. The lowest BCUT2D eigenvalue weighted by molar-refractivity contribution is 0.373. The summed E-state index contributed by atoms with van der Waals surface area (Å²) in [4.78, 5) is 1.20. The minimum Gasteiger partial charge on any atom is -0.504 e. The number of methoxy groups -OCH3 is 1. The molecule has 0 saturated carbocycles. The van der Waals surface area contributed by atoms with E-state index in [1.807, 2.05) is 29.7 Å². The Hall–Kier alpha value is -1.74. The minimum atomic E-state index is 0.163. The average Bonchev–Trinajstić information content (AvgIpc) is 2.81. The number of thiophene rings is 1. The highest BCUT2D eigenvalue weighted by molar-refractivity contribution is 7.10. The second-order valence-corrected chi connectivity index (χ2v) is 4.26. The van der Waals surface area contributed by atoms with Crippen molar-refractivity contribution in [2.45, 2.75) is 0 Å². The summed E-state index contributed by atoms with van der Waals surface area (Å²) in [5.74, 6) is 0.657. The summed E-state index contributed by atoms with van der Waals surface area (Å²) in [7, 11) is 1.54. The molecule has 1 heterocycles. The van der Waals surface area contributed by atoms with Gasteiger partial charge >= 0.3 is 0 Å². The Bertz CT molecular complexity index is 487. The molecular formula is C13H12O2S. The van der Waals surface area contributed by atoms with Gasteiger partial charge in [-0.15, -0.1) is 11.3 Å². The lowest BCUT2D eigenvalue weighted by atomic mass is 10.2. The molecule has 0 aliphatic rings. The van der Waals surface area contributed by atoms with Crippen molar-refractivity contribution in [3.8, 4) is 11.5 Å². The van der Waals surface area contributed by atoms with Crippen LogP contribution >= 0.6 is 11.3 Å². The molecular weight excluding hydrogens is 220 g/mol. The lowest BCUT2D eigenvalue weighted by Gasteiger charge is -2.03. The third-order valence-electron chi connectivity index (χ3n) is 2.19. The van der Waals surface area contributed by atoms with Gasteiger partial charge in [0, 0.05) is 4.88 Å². The first-order valence-corrected chi connectivity index (χ1v) is 5.76. The quantitative estimate of drug-likeness (QED) is 0.875. The number of aromatic hydroxyl groups is 1. The molecule has 16 heavy (non-hydrogen) atoms. The van der Waals surface area contributed by atoms with Gasteiger partial charge < -0.3 is 9.84 Å². The number of rotatable bonds is 3. The molecule has 0 aliphatic heterocycles. The Morgan fingerprint density at radius 3 is 2.81 bits per heavy atom. The topological polar surface area (TPSA) is 29.5 Å². The molecule has 2 nitrogen and oxygen atoms in total. The van der Waals surface area contributed by atoms with Crippen LogP contribution in [0.3, 0.4) is 0 Å². The second-order valence-electron chi connectivity index (χ2n) is 3.28. The summed E-state index contributed by atoms with van der Waals surface area (Å²) in [6, 6.07) is 9.36. The maximum Gasteiger partial charge on any atom is 0.161 e. The molecule has 1 aromatic carbocycles. The molecule has 1 N–H and O–H groups in total. The molecule has 0 fully saturated rings. The van der Waals surface area contributed by atoms with Gasteiger partial charge in [-0.1, -0.05) is 18.2 Å². The maximum absolute atomic E-state index is 9.44. The van der Waals surface area contributed by atoms with Crippen molar-refractivity contribution in [3.63, 3.8) is 0 Å². The van der Waals surface area contributed by atoms with Crippen LogP contribution < -0.4 is 4.74 Å². The van der Waals surface area contributed by atoms with E-state index >= 15 is 0 Å². The highest BCUT2D eigenvalue weighted by Crippen LogP contribution is 2.27. The zero-order valence-corrected chi connectivity index (χ0v) is 9.70. The van der Waals surface area contributed by atoms with Crippen LogP contribution in [-0.2, 0) is 0 Å². The average molecular weight is 232 g/mol. The fourth-order valence-corrected chi connectivity index (χ4v) is 1.98. The molecule has 2 rings (SSSR count). The summed E-state index contributed by atoms with van der Waals surface area (Å²) in [6.07, 6.45) is 4.03. The van der Waals surface area contributed by atoms with Crippen molar-refractivity contribution < 1.29 is 9.84 Å². The van der Waals surface area contributed by atoms with Crippen molar-refractivity contribution >= 4 is 23.5 Å². The van der Waals surface area contributed by atoms with Crippen molar-refractivity contribution in [2.24, 2.45) is 0 Å². The molecule has 0 saturated heterocycles. The van der Waals surface area contributed by atoms with Gasteiger partial charge in [0.25, 0.3) is 0 Å². The van der Waals surface area contributed by atoms with Gasteiger partial charge in [0.15, 0.2) is 11.5 Å². The number of benzene rings is 1. The SMILES string of the molecule is COc1cc(/C=C/c2cccs2)ccc1O. The zero-order chi connectivity index (χ0) is 11.4.